The Morgan fingerprint density at radius 2 is 2.23 bits per heavy atom. The Kier molecular flexibility index (Phi) is 2.86. The van der Waals surface area contributed by atoms with Gasteiger partial charge in [0.05, 0.1) is 12.7 Å². The maximum absolute atomic E-state index is 13.3. The summed E-state index contributed by atoms with van der Waals surface area (Å²) in [6.07, 6.45) is 0. The molecule has 1 aromatic carbocycles. The zero-order valence-corrected chi connectivity index (χ0v) is 7.54. The molecule has 13 heavy (non-hydrogen) atoms. The second kappa shape index (κ2) is 3.90. The van der Waals surface area contributed by atoms with Crippen molar-refractivity contribution in [1.82, 2.24) is 0 Å². The van der Waals surface area contributed by atoms with Gasteiger partial charge in [-0.2, -0.15) is 0 Å². The zero-order chi connectivity index (χ0) is 9.84. The van der Waals surface area contributed by atoms with E-state index >= 15 is 0 Å². The Balaban J connectivity index is 3.06. The second-order valence-electron chi connectivity index (χ2n) is 2.69. The van der Waals surface area contributed by atoms with Crippen LogP contribution < -0.4 is 4.74 Å². The highest BCUT2D eigenvalue weighted by Gasteiger charge is 2.14. The molecular weight excluding hydrogens is 169 g/mol. The minimum absolute atomic E-state index is 0.386. The van der Waals surface area contributed by atoms with Crippen molar-refractivity contribution in [2.75, 3.05) is 7.11 Å². The average molecular weight is 179 g/mol. The number of nitrogens with zero attached hydrogens (tertiary/aromatic N) is 1. The zero-order valence-electron chi connectivity index (χ0n) is 7.54. The van der Waals surface area contributed by atoms with Crippen LogP contribution in [-0.2, 0) is 0 Å². The van der Waals surface area contributed by atoms with Crippen LogP contribution in [0, 0.1) is 12.4 Å². The van der Waals surface area contributed by atoms with Crippen LogP contribution in [0.1, 0.15) is 18.5 Å². The SMILES string of the molecule is [C-]#[N+]C(C)c1ccc(OC)cc1F. The van der Waals surface area contributed by atoms with Crippen LogP contribution in [0.5, 0.6) is 5.75 Å². The smallest absolute Gasteiger partial charge is 0.248 e. The maximum Gasteiger partial charge on any atom is 0.248 e. The third-order valence-corrected chi connectivity index (χ3v) is 1.85. The normalized spacial score (nSPS) is 11.8. The van der Waals surface area contributed by atoms with Crippen LogP contribution in [0.15, 0.2) is 18.2 Å². The summed E-state index contributed by atoms with van der Waals surface area (Å²) in [5, 5.41) is 0. The molecule has 0 aliphatic carbocycles. The van der Waals surface area contributed by atoms with E-state index in [1.807, 2.05) is 0 Å². The van der Waals surface area contributed by atoms with Gasteiger partial charge < -0.3 is 9.58 Å². The summed E-state index contributed by atoms with van der Waals surface area (Å²) in [4.78, 5) is 3.24. The highest BCUT2D eigenvalue weighted by atomic mass is 19.1. The first-order valence-electron chi connectivity index (χ1n) is 3.89. The monoisotopic (exact) mass is 179 g/mol. The van der Waals surface area contributed by atoms with Crippen LogP contribution in [-0.4, -0.2) is 7.11 Å². The third kappa shape index (κ3) is 1.97. The fourth-order valence-electron chi connectivity index (χ4n) is 1.04. The van der Waals surface area contributed by atoms with Crippen molar-refractivity contribution >= 4 is 0 Å². The van der Waals surface area contributed by atoms with E-state index in [9.17, 15) is 4.39 Å². The first-order valence-corrected chi connectivity index (χ1v) is 3.89. The number of methoxy groups -OCH3 is 1. The van der Waals surface area contributed by atoms with Gasteiger partial charge >= 0.3 is 0 Å². The first-order chi connectivity index (χ1) is 6.19. The average Bonchev–Trinajstić information content (AvgIpc) is 2.16. The van der Waals surface area contributed by atoms with Gasteiger partial charge in [-0.05, 0) is 12.1 Å². The summed E-state index contributed by atoms with van der Waals surface area (Å²) in [5.41, 5.74) is 0.413. The van der Waals surface area contributed by atoms with E-state index < -0.39 is 6.04 Å². The van der Waals surface area contributed by atoms with Crippen molar-refractivity contribution < 1.29 is 9.13 Å². The van der Waals surface area contributed by atoms with Crippen LogP contribution in [0.3, 0.4) is 0 Å². The van der Waals surface area contributed by atoms with E-state index in [2.05, 4.69) is 4.85 Å². The number of rotatable bonds is 2. The lowest BCUT2D eigenvalue weighted by atomic mass is 10.1. The highest BCUT2D eigenvalue weighted by molar-refractivity contribution is 5.31. The van der Waals surface area contributed by atoms with Crippen LogP contribution in [0.25, 0.3) is 4.85 Å². The van der Waals surface area contributed by atoms with Gasteiger partial charge in [0.2, 0.25) is 6.04 Å². The van der Waals surface area contributed by atoms with Gasteiger partial charge in [0, 0.05) is 13.0 Å². The van der Waals surface area contributed by atoms with E-state index in [0.717, 1.165) is 0 Å². The Hall–Kier alpha value is -1.56. The number of halogens is 1. The molecule has 0 amide bonds. The summed E-state index contributed by atoms with van der Waals surface area (Å²) >= 11 is 0. The molecule has 2 nitrogen and oxygen atoms in total. The van der Waals surface area contributed by atoms with Crippen LogP contribution in [0.4, 0.5) is 4.39 Å². The van der Waals surface area contributed by atoms with Crippen molar-refractivity contribution in [2.24, 2.45) is 0 Å². The standard InChI is InChI=1S/C10H10FNO/c1-7(12-2)9-5-4-8(13-3)6-10(9)11/h4-7H,1,3H3. The second-order valence-corrected chi connectivity index (χ2v) is 2.69. The van der Waals surface area contributed by atoms with E-state index in [1.54, 1.807) is 19.1 Å². The number of hydrogen-bond acceptors (Lipinski definition) is 1. The van der Waals surface area contributed by atoms with Gasteiger partial charge in [-0.1, -0.05) is 0 Å². The minimum atomic E-state index is -0.439. The van der Waals surface area contributed by atoms with Gasteiger partial charge in [-0.25, -0.2) is 11.0 Å². The molecule has 0 saturated carbocycles. The predicted molar refractivity (Wildman–Crippen MR) is 48.0 cm³/mol. The largest absolute Gasteiger partial charge is 0.497 e. The van der Waals surface area contributed by atoms with Gasteiger partial charge in [-0.15, -0.1) is 0 Å². The molecular formula is C10H10FNO. The molecule has 0 fully saturated rings. The van der Waals surface area contributed by atoms with E-state index in [4.69, 9.17) is 11.3 Å². The van der Waals surface area contributed by atoms with Crippen molar-refractivity contribution in [3.8, 4) is 5.75 Å². The molecule has 0 heterocycles. The lowest BCUT2D eigenvalue weighted by Crippen LogP contribution is -1.93. The van der Waals surface area contributed by atoms with Gasteiger partial charge in [-0.3, -0.25) is 0 Å². The molecule has 1 rings (SSSR count). The molecule has 0 aliphatic rings. The summed E-state index contributed by atoms with van der Waals surface area (Å²) < 4.78 is 18.1. The quantitative estimate of drug-likeness (QED) is 0.636. The molecule has 0 aliphatic heterocycles. The summed E-state index contributed by atoms with van der Waals surface area (Å²) in [6.45, 7) is 8.43. The molecule has 0 saturated heterocycles. The molecule has 1 atom stereocenters. The molecule has 0 bridgehead atoms. The lowest BCUT2D eigenvalue weighted by Gasteiger charge is -2.03. The van der Waals surface area contributed by atoms with Gasteiger partial charge in [0.25, 0.3) is 0 Å². The number of hydrogen-bond donors (Lipinski definition) is 0. The topological polar surface area (TPSA) is 13.6 Å². The number of benzene rings is 1. The van der Waals surface area contributed by atoms with E-state index in [-0.39, 0.29) is 5.82 Å². The molecule has 0 spiro atoms. The molecule has 0 N–H and O–H groups in total. The Labute approximate surface area is 76.8 Å². The Morgan fingerprint density at radius 1 is 1.54 bits per heavy atom. The molecule has 0 radical (unpaired) electrons. The summed E-state index contributed by atoms with van der Waals surface area (Å²) in [5.74, 6) is 0.0845. The van der Waals surface area contributed by atoms with Crippen molar-refractivity contribution in [1.29, 1.82) is 0 Å². The third-order valence-electron chi connectivity index (χ3n) is 1.85. The van der Waals surface area contributed by atoms with Crippen LogP contribution in [0.2, 0.25) is 0 Å². The highest BCUT2D eigenvalue weighted by Crippen LogP contribution is 2.23. The van der Waals surface area contributed by atoms with Crippen molar-refractivity contribution in [2.45, 2.75) is 13.0 Å². The van der Waals surface area contributed by atoms with Crippen molar-refractivity contribution in [3.63, 3.8) is 0 Å². The number of ether oxygens (including phenoxy) is 1. The van der Waals surface area contributed by atoms with Crippen molar-refractivity contribution in [3.05, 3.63) is 41.0 Å². The van der Waals surface area contributed by atoms with Crippen LogP contribution >= 0.6 is 0 Å². The minimum Gasteiger partial charge on any atom is -0.497 e. The molecule has 1 aromatic rings. The van der Waals surface area contributed by atoms with Gasteiger partial charge in [0.15, 0.2) is 0 Å². The maximum atomic E-state index is 13.3. The van der Waals surface area contributed by atoms with Gasteiger partial charge in [0.1, 0.15) is 11.6 Å². The Morgan fingerprint density at radius 3 is 2.69 bits per heavy atom. The fraction of sp³-hybridized carbons (Fsp3) is 0.300. The first kappa shape index (κ1) is 9.53. The summed E-state index contributed by atoms with van der Waals surface area (Å²) in [6, 6.07) is 4.08. The lowest BCUT2D eigenvalue weighted by molar-refractivity contribution is 0.410. The molecule has 3 heteroatoms. The Bertz CT molecular complexity index is 343. The fourth-order valence-corrected chi connectivity index (χ4v) is 1.04. The summed E-state index contributed by atoms with van der Waals surface area (Å²) in [7, 11) is 1.48. The van der Waals surface area contributed by atoms with E-state index in [0.29, 0.717) is 11.3 Å². The predicted octanol–water partition coefficient (Wildman–Crippen LogP) is 2.81. The molecule has 1 unspecified atom stereocenters. The van der Waals surface area contributed by atoms with E-state index in [1.165, 1.54) is 13.2 Å². The molecule has 0 aromatic heterocycles. The molecule has 68 valence electrons.